The highest BCUT2D eigenvalue weighted by Crippen LogP contribution is 2.23. The standard InChI is InChI=1S/C13H19N5O4/c1-12(2,3)22-11(21)14-7-13(8-5-6-15-18(8)4)9(19)16-10(20)17-13/h5-6H,7H2,1-4H3,(H,14,21)(H2,16,17,19,20)/t13-/m1/s1. The molecule has 9 heteroatoms. The number of ether oxygens (including phenoxy) is 1. The summed E-state index contributed by atoms with van der Waals surface area (Å²) in [5.74, 6) is -0.558. The predicted octanol–water partition coefficient (Wildman–Crippen LogP) is -0.0205. The fourth-order valence-corrected chi connectivity index (χ4v) is 2.20. The summed E-state index contributed by atoms with van der Waals surface area (Å²) in [7, 11) is 1.64. The van der Waals surface area contributed by atoms with Gasteiger partial charge in [0.15, 0.2) is 5.54 Å². The van der Waals surface area contributed by atoms with Gasteiger partial charge in [-0.3, -0.25) is 14.8 Å². The minimum Gasteiger partial charge on any atom is -0.444 e. The van der Waals surface area contributed by atoms with Crippen LogP contribution in [0.2, 0.25) is 0 Å². The van der Waals surface area contributed by atoms with Crippen LogP contribution in [0.3, 0.4) is 0 Å². The van der Waals surface area contributed by atoms with Crippen molar-refractivity contribution in [3.63, 3.8) is 0 Å². The van der Waals surface area contributed by atoms with Crippen LogP contribution >= 0.6 is 0 Å². The van der Waals surface area contributed by atoms with Crippen molar-refractivity contribution in [3.8, 4) is 0 Å². The van der Waals surface area contributed by atoms with E-state index in [1.807, 2.05) is 0 Å². The van der Waals surface area contributed by atoms with Crippen molar-refractivity contribution in [2.75, 3.05) is 6.54 Å². The highest BCUT2D eigenvalue weighted by Gasteiger charge is 2.50. The Hall–Kier alpha value is -2.58. The smallest absolute Gasteiger partial charge is 0.407 e. The minimum atomic E-state index is -1.42. The summed E-state index contributed by atoms with van der Waals surface area (Å²) in [5, 5.41) is 11.2. The Balaban J connectivity index is 2.21. The van der Waals surface area contributed by atoms with E-state index < -0.39 is 29.2 Å². The molecular weight excluding hydrogens is 290 g/mol. The van der Waals surface area contributed by atoms with Gasteiger partial charge in [0.25, 0.3) is 5.91 Å². The van der Waals surface area contributed by atoms with Gasteiger partial charge < -0.3 is 15.4 Å². The maximum atomic E-state index is 12.2. The van der Waals surface area contributed by atoms with Gasteiger partial charge in [-0.2, -0.15) is 5.10 Å². The number of nitrogens with zero attached hydrogens (tertiary/aromatic N) is 2. The molecule has 0 bridgehead atoms. The third kappa shape index (κ3) is 3.02. The van der Waals surface area contributed by atoms with Crippen LogP contribution in [0.4, 0.5) is 9.59 Å². The molecule has 1 saturated heterocycles. The Bertz CT molecular complexity index is 618. The number of carbonyl (C=O) groups is 3. The van der Waals surface area contributed by atoms with Gasteiger partial charge in [0, 0.05) is 13.2 Å². The first kappa shape index (κ1) is 15.8. The Kier molecular flexibility index (Phi) is 3.82. The Morgan fingerprint density at radius 1 is 1.45 bits per heavy atom. The number of carbonyl (C=O) groups excluding carboxylic acids is 3. The number of rotatable bonds is 3. The lowest BCUT2D eigenvalue weighted by Gasteiger charge is -2.27. The number of amides is 4. The van der Waals surface area contributed by atoms with Crippen LogP contribution in [0.5, 0.6) is 0 Å². The van der Waals surface area contributed by atoms with E-state index in [0.29, 0.717) is 5.69 Å². The predicted molar refractivity (Wildman–Crippen MR) is 75.8 cm³/mol. The molecule has 4 amide bonds. The summed E-state index contributed by atoms with van der Waals surface area (Å²) in [6.45, 7) is 5.04. The number of alkyl carbamates (subject to hydrolysis) is 1. The second-order valence-corrected chi connectivity index (χ2v) is 6.01. The van der Waals surface area contributed by atoms with Gasteiger partial charge in [-0.05, 0) is 26.8 Å². The van der Waals surface area contributed by atoms with E-state index in [2.05, 4.69) is 21.0 Å². The van der Waals surface area contributed by atoms with Crippen LogP contribution in [0.1, 0.15) is 26.5 Å². The van der Waals surface area contributed by atoms with Crippen LogP contribution < -0.4 is 16.0 Å². The average Bonchev–Trinajstić information content (AvgIpc) is 2.89. The first-order chi connectivity index (χ1) is 10.1. The highest BCUT2D eigenvalue weighted by atomic mass is 16.6. The van der Waals surface area contributed by atoms with Crippen LogP contribution in [-0.4, -0.2) is 40.0 Å². The van der Waals surface area contributed by atoms with E-state index in [9.17, 15) is 14.4 Å². The molecule has 3 N–H and O–H groups in total. The lowest BCUT2D eigenvalue weighted by atomic mass is 9.95. The molecule has 0 unspecified atom stereocenters. The first-order valence-corrected chi connectivity index (χ1v) is 6.73. The zero-order chi connectivity index (χ0) is 16.5. The van der Waals surface area contributed by atoms with E-state index in [0.717, 1.165) is 0 Å². The van der Waals surface area contributed by atoms with Gasteiger partial charge in [-0.15, -0.1) is 0 Å². The summed E-state index contributed by atoms with van der Waals surface area (Å²) < 4.78 is 6.60. The van der Waals surface area contributed by atoms with E-state index in [1.54, 1.807) is 33.9 Å². The van der Waals surface area contributed by atoms with Crippen molar-refractivity contribution < 1.29 is 19.1 Å². The highest BCUT2D eigenvalue weighted by molar-refractivity contribution is 6.07. The third-order valence-corrected chi connectivity index (χ3v) is 3.10. The van der Waals surface area contributed by atoms with E-state index in [-0.39, 0.29) is 6.54 Å². The molecule has 1 aromatic heterocycles. The number of imide groups is 1. The maximum Gasteiger partial charge on any atom is 0.407 e. The Morgan fingerprint density at radius 3 is 2.59 bits per heavy atom. The number of hydrogen-bond donors (Lipinski definition) is 3. The van der Waals surface area contributed by atoms with Gasteiger partial charge >= 0.3 is 12.1 Å². The molecular formula is C13H19N5O4. The van der Waals surface area contributed by atoms with Crippen LogP contribution in [-0.2, 0) is 22.1 Å². The molecule has 120 valence electrons. The van der Waals surface area contributed by atoms with Crippen molar-refractivity contribution in [1.82, 2.24) is 25.7 Å². The molecule has 1 aliphatic rings. The molecule has 0 saturated carbocycles. The van der Waals surface area contributed by atoms with E-state index in [4.69, 9.17) is 4.74 Å². The van der Waals surface area contributed by atoms with Crippen molar-refractivity contribution in [2.24, 2.45) is 7.05 Å². The molecule has 2 heterocycles. The number of urea groups is 1. The summed E-state index contributed by atoms with van der Waals surface area (Å²) in [6, 6.07) is 0.972. The SMILES string of the molecule is Cn1nccc1[C@@]1(CNC(=O)OC(C)(C)C)NC(=O)NC1=O. The molecule has 1 aliphatic heterocycles. The van der Waals surface area contributed by atoms with Gasteiger partial charge in [-0.25, -0.2) is 9.59 Å². The molecule has 9 nitrogen and oxygen atoms in total. The van der Waals surface area contributed by atoms with E-state index >= 15 is 0 Å². The van der Waals surface area contributed by atoms with Crippen LogP contribution in [0, 0.1) is 0 Å². The molecule has 0 aromatic carbocycles. The fraction of sp³-hybridized carbons (Fsp3) is 0.538. The zero-order valence-corrected chi connectivity index (χ0v) is 12.9. The topological polar surface area (TPSA) is 114 Å². The number of aryl methyl sites for hydroxylation is 1. The number of aromatic nitrogens is 2. The molecule has 1 atom stereocenters. The van der Waals surface area contributed by atoms with Crippen molar-refractivity contribution >= 4 is 18.0 Å². The van der Waals surface area contributed by atoms with Gasteiger partial charge in [0.05, 0.1) is 12.2 Å². The lowest BCUT2D eigenvalue weighted by molar-refractivity contribution is -0.124. The second kappa shape index (κ2) is 5.32. The zero-order valence-electron chi connectivity index (χ0n) is 12.9. The average molecular weight is 309 g/mol. The minimum absolute atomic E-state index is 0.154. The monoisotopic (exact) mass is 309 g/mol. The van der Waals surface area contributed by atoms with Crippen molar-refractivity contribution in [3.05, 3.63) is 18.0 Å². The molecule has 1 aromatic rings. The quantitative estimate of drug-likeness (QED) is 0.679. The molecule has 1 fully saturated rings. The summed E-state index contributed by atoms with van der Waals surface area (Å²) in [6.07, 6.45) is 0.825. The molecule has 2 rings (SSSR count). The largest absolute Gasteiger partial charge is 0.444 e. The third-order valence-electron chi connectivity index (χ3n) is 3.10. The second-order valence-electron chi connectivity index (χ2n) is 6.01. The fourth-order valence-electron chi connectivity index (χ4n) is 2.20. The van der Waals surface area contributed by atoms with Gasteiger partial charge in [0.1, 0.15) is 5.60 Å². The summed E-state index contributed by atoms with van der Waals surface area (Å²) in [5.41, 5.74) is -1.63. The molecule has 0 aliphatic carbocycles. The number of nitrogens with one attached hydrogen (secondary N) is 3. The van der Waals surface area contributed by atoms with Gasteiger partial charge in [0.2, 0.25) is 0 Å². The van der Waals surface area contributed by atoms with Crippen LogP contribution in [0.25, 0.3) is 0 Å². The maximum absolute atomic E-state index is 12.2. The Labute approximate surface area is 127 Å². The molecule has 0 radical (unpaired) electrons. The normalized spacial score (nSPS) is 21.3. The lowest BCUT2D eigenvalue weighted by Crippen LogP contribution is -2.54. The van der Waals surface area contributed by atoms with Crippen molar-refractivity contribution in [1.29, 1.82) is 0 Å². The first-order valence-electron chi connectivity index (χ1n) is 6.73. The summed E-state index contributed by atoms with van der Waals surface area (Å²) in [4.78, 5) is 35.6. The number of hydrogen-bond acceptors (Lipinski definition) is 5. The summed E-state index contributed by atoms with van der Waals surface area (Å²) >= 11 is 0. The van der Waals surface area contributed by atoms with Crippen molar-refractivity contribution in [2.45, 2.75) is 31.9 Å². The molecule has 22 heavy (non-hydrogen) atoms. The van der Waals surface area contributed by atoms with E-state index in [1.165, 1.54) is 10.9 Å². The Morgan fingerprint density at radius 2 is 2.14 bits per heavy atom. The van der Waals surface area contributed by atoms with Gasteiger partial charge in [-0.1, -0.05) is 0 Å². The van der Waals surface area contributed by atoms with Crippen LogP contribution in [0.15, 0.2) is 12.3 Å². The molecule has 0 spiro atoms.